The molecule has 0 unspecified atom stereocenters. The molecule has 20 heavy (non-hydrogen) atoms. The zero-order valence-corrected chi connectivity index (χ0v) is 14.9. The monoisotopic (exact) mass is 409 g/mol. The summed E-state index contributed by atoms with van der Waals surface area (Å²) in [5, 5.41) is 0. The first-order chi connectivity index (χ1) is 9.26. The summed E-state index contributed by atoms with van der Waals surface area (Å²) in [5.74, 6) is 0. The van der Waals surface area contributed by atoms with Gasteiger partial charge in [-0.1, -0.05) is 54.1 Å². The molecule has 1 aliphatic heterocycles. The number of ether oxygens (including phenoxy) is 1. The number of sulfonamides is 1. The van der Waals surface area contributed by atoms with Crippen molar-refractivity contribution in [2.75, 3.05) is 11.0 Å². The predicted octanol–water partition coefficient (Wildman–Crippen LogP) is 2.50. The van der Waals surface area contributed by atoms with Crippen molar-refractivity contribution in [1.82, 2.24) is 4.72 Å². The molecule has 112 valence electrons. The van der Waals surface area contributed by atoms with Gasteiger partial charge >= 0.3 is 0 Å². The number of hydrogen-bond acceptors (Lipinski definition) is 3. The molecule has 1 aliphatic rings. The molecule has 0 saturated carbocycles. The molecule has 1 heterocycles. The maximum Gasteiger partial charge on any atom is 0.240 e. The van der Waals surface area contributed by atoms with Crippen LogP contribution in [0.25, 0.3) is 0 Å². The van der Waals surface area contributed by atoms with E-state index in [2.05, 4.69) is 27.3 Å². The van der Waals surface area contributed by atoms with Gasteiger partial charge in [-0.05, 0) is 19.1 Å². The number of alkyl halides is 1. The highest BCUT2D eigenvalue weighted by Gasteiger charge is 2.44. The van der Waals surface area contributed by atoms with Crippen molar-refractivity contribution in [1.29, 1.82) is 0 Å². The molecule has 1 saturated heterocycles. The van der Waals surface area contributed by atoms with Gasteiger partial charge < -0.3 is 4.74 Å². The van der Waals surface area contributed by atoms with Gasteiger partial charge in [0.2, 0.25) is 10.0 Å². The maximum atomic E-state index is 12.5. The Balaban J connectivity index is 2.25. The molecule has 0 radical (unpaired) electrons. The molecule has 6 heteroatoms. The predicted molar refractivity (Wildman–Crippen MR) is 87.7 cm³/mol. The van der Waals surface area contributed by atoms with Crippen molar-refractivity contribution in [3.05, 3.63) is 29.8 Å². The van der Waals surface area contributed by atoms with E-state index >= 15 is 0 Å². The van der Waals surface area contributed by atoms with Crippen LogP contribution < -0.4 is 4.72 Å². The zero-order valence-electron chi connectivity index (χ0n) is 11.9. The minimum atomic E-state index is -3.51. The van der Waals surface area contributed by atoms with Crippen molar-refractivity contribution in [3.8, 4) is 0 Å². The van der Waals surface area contributed by atoms with Crippen LogP contribution in [0, 0.1) is 12.3 Å². The molecule has 2 rings (SSSR count). The first kappa shape index (κ1) is 16.2. The van der Waals surface area contributed by atoms with Gasteiger partial charge in [-0.25, -0.2) is 13.1 Å². The zero-order chi connectivity index (χ0) is 15.0. The third-order valence-electron chi connectivity index (χ3n) is 3.65. The van der Waals surface area contributed by atoms with Crippen molar-refractivity contribution in [2.45, 2.75) is 37.8 Å². The van der Waals surface area contributed by atoms with Crippen LogP contribution in [0.5, 0.6) is 0 Å². The summed E-state index contributed by atoms with van der Waals surface area (Å²) in [4.78, 5) is 0.304. The van der Waals surface area contributed by atoms with Gasteiger partial charge in [-0.3, -0.25) is 0 Å². The number of aryl methyl sites for hydroxylation is 1. The normalized spacial score (nSPS) is 25.8. The average molecular weight is 409 g/mol. The van der Waals surface area contributed by atoms with Crippen molar-refractivity contribution < 1.29 is 13.2 Å². The van der Waals surface area contributed by atoms with Gasteiger partial charge in [-0.15, -0.1) is 0 Å². The highest BCUT2D eigenvalue weighted by Crippen LogP contribution is 2.34. The lowest BCUT2D eigenvalue weighted by Gasteiger charge is -2.28. The van der Waals surface area contributed by atoms with Gasteiger partial charge in [0, 0.05) is 9.84 Å². The minimum Gasteiger partial charge on any atom is -0.375 e. The molecule has 1 fully saturated rings. The van der Waals surface area contributed by atoms with E-state index in [1.165, 1.54) is 0 Å². The molecule has 0 bridgehead atoms. The summed E-state index contributed by atoms with van der Waals surface area (Å²) < 4.78 is 34.2. The molecule has 0 aromatic heterocycles. The Hall–Kier alpha value is -0.180. The highest BCUT2D eigenvalue weighted by molar-refractivity contribution is 14.1. The fourth-order valence-corrected chi connectivity index (χ4v) is 4.53. The van der Waals surface area contributed by atoms with Crippen LogP contribution in [-0.2, 0) is 14.8 Å². The molecule has 2 atom stereocenters. The molecular formula is C14H20INO3S. The summed E-state index contributed by atoms with van der Waals surface area (Å²) >= 11 is 2.23. The number of benzene rings is 1. The Bertz CT molecular complexity index is 569. The Kier molecular flexibility index (Phi) is 4.78. The molecule has 0 amide bonds. The Morgan fingerprint density at radius 3 is 2.50 bits per heavy atom. The summed E-state index contributed by atoms with van der Waals surface area (Å²) in [7, 11) is -3.51. The highest BCUT2D eigenvalue weighted by atomic mass is 127. The molecule has 1 N–H and O–H groups in total. The molecule has 1 aromatic rings. The summed E-state index contributed by atoms with van der Waals surface area (Å²) in [6, 6.07) is 6.69. The largest absolute Gasteiger partial charge is 0.375 e. The van der Waals surface area contributed by atoms with Gasteiger partial charge in [0.05, 0.1) is 23.6 Å². The van der Waals surface area contributed by atoms with Crippen LogP contribution in [0.1, 0.15) is 19.4 Å². The van der Waals surface area contributed by atoms with E-state index in [1.54, 1.807) is 24.3 Å². The second kappa shape index (κ2) is 5.90. The Morgan fingerprint density at radius 1 is 1.35 bits per heavy atom. The molecular weight excluding hydrogens is 389 g/mol. The van der Waals surface area contributed by atoms with Crippen molar-refractivity contribution >= 4 is 32.6 Å². The van der Waals surface area contributed by atoms with Gasteiger partial charge in [0.25, 0.3) is 0 Å². The Labute approximate surface area is 134 Å². The minimum absolute atomic E-state index is 0.0779. The van der Waals surface area contributed by atoms with Crippen LogP contribution in [0.2, 0.25) is 0 Å². The summed E-state index contributed by atoms with van der Waals surface area (Å²) in [5.41, 5.74) is 0.840. The molecule has 1 aromatic carbocycles. The maximum absolute atomic E-state index is 12.5. The van der Waals surface area contributed by atoms with E-state index in [0.717, 1.165) is 9.99 Å². The second-order valence-electron chi connectivity index (χ2n) is 5.90. The molecule has 0 aliphatic carbocycles. The van der Waals surface area contributed by atoms with Crippen LogP contribution in [-0.4, -0.2) is 31.6 Å². The average Bonchev–Trinajstić information content (AvgIpc) is 2.65. The standard InChI is InChI=1S/C14H20INO3S/c1-10-4-6-11(7-5-10)20(17,18)16-13-12(8-15)19-9-14(13,2)3/h4-7,12-13,16H,8-9H2,1-3H3/t12-,13+/m0/s1. The fourth-order valence-electron chi connectivity index (χ4n) is 2.33. The van der Waals surface area contributed by atoms with Crippen molar-refractivity contribution in [2.24, 2.45) is 5.41 Å². The third kappa shape index (κ3) is 3.35. The number of nitrogens with one attached hydrogen (secondary N) is 1. The van der Waals surface area contributed by atoms with Crippen molar-refractivity contribution in [3.63, 3.8) is 0 Å². The van der Waals surface area contributed by atoms with E-state index in [1.807, 2.05) is 20.8 Å². The molecule has 4 nitrogen and oxygen atoms in total. The lowest BCUT2D eigenvalue weighted by Crippen LogP contribution is -2.48. The molecule has 0 spiro atoms. The van der Waals surface area contributed by atoms with Gasteiger partial charge in [-0.2, -0.15) is 0 Å². The smallest absolute Gasteiger partial charge is 0.240 e. The topological polar surface area (TPSA) is 55.4 Å². The van der Waals surface area contributed by atoms with Gasteiger partial charge in [0.1, 0.15) is 0 Å². The quantitative estimate of drug-likeness (QED) is 0.614. The lowest BCUT2D eigenvalue weighted by atomic mass is 9.86. The first-order valence-corrected chi connectivity index (χ1v) is 9.54. The van der Waals surface area contributed by atoms with E-state index in [-0.39, 0.29) is 17.6 Å². The number of hydrogen-bond donors (Lipinski definition) is 1. The van der Waals surface area contributed by atoms with Gasteiger partial charge in [0.15, 0.2) is 0 Å². The van der Waals surface area contributed by atoms with E-state index < -0.39 is 10.0 Å². The second-order valence-corrected chi connectivity index (χ2v) is 8.50. The van der Waals surface area contributed by atoms with Crippen LogP contribution >= 0.6 is 22.6 Å². The van der Waals surface area contributed by atoms with E-state index in [0.29, 0.717) is 11.5 Å². The van der Waals surface area contributed by atoms with E-state index in [4.69, 9.17) is 4.74 Å². The Morgan fingerprint density at radius 2 is 1.95 bits per heavy atom. The van der Waals surface area contributed by atoms with Crippen LogP contribution in [0.3, 0.4) is 0 Å². The summed E-state index contributed by atoms with van der Waals surface area (Å²) in [6.07, 6.45) is -0.0779. The van der Waals surface area contributed by atoms with E-state index in [9.17, 15) is 8.42 Å². The first-order valence-electron chi connectivity index (χ1n) is 6.53. The van der Waals surface area contributed by atoms with Crippen LogP contribution in [0.15, 0.2) is 29.2 Å². The third-order valence-corrected chi connectivity index (χ3v) is 5.97. The van der Waals surface area contributed by atoms with Crippen LogP contribution in [0.4, 0.5) is 0 Å². The number of halogens is 1. The SMILES string of the molecule is Cc1ccc(S(=O)(=O)N[C@@H]2[C@H](CI)OCC2(C)C)cc1. The number of rotatable bonds is 4. The summed E-state index contributed by atoms with van der Waals surface area (Å²) in [6.45, 7) is 6.56. The fraction of sp³-hybridized carbons (Fsp3) is 0.571. The lowest BCUT2D eigenvalue weighted by molar-refractivity contribution is 0.113.